The average molecular weight is 152 g/mol. The van der Waals surface area contributed by atoms with Crippen LogP contribution in [0.5, 0.6) is 0 Å². The second-order valence-electron chi connectivity index (χ2n) is 2.20. The minimum Gasteiger partial charge on any atom is -0.167 e. The van der Waals surface area contributed by atoms with E-state index in [1.807, 2.05) is 6.92 Å². The predicted octanol–water partition coefficient (Wildman–Crippen LogP) is 3.30. The van der Waals surface area contributed by atoms with Crippen molar-refractivity contribution in [3.63, 3.8) is 0 Å². The highest BCUT2D eigenvalue weighted by atomic mass is 19.4. The Hall–Kier alpha value is -0.470. The van der Waals surface area contributed by atoms with Gasteiger partial charge >= 0.3 is 6.18 Å². The van der Waals surface area contributed by atoms with Crippen molar-refractivity contribution in [2.75, 3.05) is 0 Å². The Morgan fingerprint density at radius 3 is 2.20 bits per heavy atom. The lowest BCUT2D eigenvalue weighted by molar-refractivity contribution is -0.0937. The van der Waals surface area contributed by atoms with Crippen molar-refractivity contribution in [1.29, 1.82) is 0 Å². The molecule has 60 valence electrons. The van der Waals surface area contributed by atoms with E-state index < -0.39 is 11.7 Å². The first-order chi connectivity index (χ1) is 4.48. The molecule has 0 saturated heterocycles. The molecule has 0 spiro atoms. The van der Waals surface area contributed by atoms with Gasteiger partial charge in [0.15, 0.2) is 0 Å². The zero-order valence-electron chi connectivity index (χ0n) is 5.96. The normalized spacial score (nSPS) is 11.6. The number of alkyl halides is 3. The molecule has 0 aliphatic carbocycles. The van der Waals surface area contributed by atoms with Gasteiger partial charge in [0.05, 0.1) is 0 Å². The van der Waals surface area contributed by atoms with Gasteiger partial charge in [0.1, 0.15) is 0 Å². The molecule has 0 aliphatic rings. The molecular formula is C7H11F3. The SMILES string of the molecule is C=C(CCCC)C(F)(F)F. The summed E-state index contributed by atoms with van der Waals surface area (Å²) in [6.07, 6.45) is -2.78. The Balaban J connectivity index is 3.64. The van der Waals surface area contributed by atoms with Gasteiger partial charge in [-0.3, -0.25) is 0 Å². The van der Waals surface area contributed by atoms with Gasteiger partial charge in [-0.15, -0.1) is 0 Å². The summed E-state index contributed by atoms with van der Waals surface area (Å²) in [5, 5.41) is 0. The minimum atomic E-state index is -4.19. The number of allylic oxidation sites excluding steroid dienone is 1. The number of hydrogen-bond acceptors (Lipinski definition) is 0. The van der Waals surface area contributed by atoms with E-state index in [4.69, 9.17) is 0 Å². The number of halogens is 3. The zero-order valence-corrected chi connectivity index (χ0v) is 5.96. The van der Waals surface area contributed by atoms with Crippen LogP contribution in [0.2, 0.25) is 0 Å². The summed E-state index contributed by atoms with van der Waals surface area (Å²) in [4.78, 5) is 0. The summed E-state index contributed by atoms with van der Waals surface area (Å²) in [5.41, 5.74) is -0.616. The molecule has 0 aromatic rings. The van der Waals surface area contributed by atoms with Crippen LogP contribution in [0.3, 0.4) is 0 Å². The van der Waals surface area contributed by atoms with Crippen LogP contribution in [-0.4, -0.2) is 6.18 Å². The molecule has 10 heavy (non-hydrogen) atoms. The fourth-order valence-corrected chi connectivity index (χ4v) is 0.532. The van der Waals surface area contributed by atoms with Crippen molar-refractivity contribution >= 4 is 0 Å². The molecule has 0 unspecified atom stereocenters. The molecule has 0 amide bonds. The van der Waals surface area contributed by atoms with Gasteiger partial charge in [0.2, 0.25) is 0 Å². The third kappa shape index (κ3) is 3.54. The molecule has 0 aromatic heterocycles. The second kappa shape index (κ2) is 3.64. The zero-order chi connectivity index (χ0) is 8.20. The fourth-order valence-electron chi connectivity index (χ4n) is 0.532. The van der Waals surface area contributed by atoms with Gasteiger partial charge in [-0.25, -0.2) is 0 Å². The smallest absolute Gasteiger partial charge is 0.167 e. The highest BCUT2D eigenvalue weighted by Crippen LogP contribution is 2.27. The fraction of sp³-hybridized carbons (Fsp3) is 0.714. The van der Waals surface area contributed by atoms with Crippen LogP contribution in [-0.2, 0) is 0 Å². The molecule has 0 radical (unpaired) electrons. The molecule has 0 saturated carbocycles. The van der Waals surface area contributed by atoms with E-state index >= 15 is 0 Å². The van der Waals surface area contributed by atoms with E-state index in [1.54, 1.807) is 0 Å². The Morgan fingerprint density at radius 2 is 1.90 bits per heavy atom. The van der Waals surface area contributed by atoms with Crippen LogP contribution < -0.4 is 0 Å². The summed E-state index contributed by atoms with van der Waals surface area (Å²) >= 11 is 0. The van der Waals surface area contributed by atoms with Crippen LogP contribution >= 0.6 is 0 Å². The van der Waals surface area contributed by atoms with E-state index in [0.29, 0.717) is 6.42 Å². The molecule has 0 heterocycles. The van der Waals surface area contributed by atoms with Crippen molar-refractivity contribution < 1.29 is 13.2 Å². The maximum atomic E-state index is 11.7. The first kappa shape index (κ1) is 9.53. The van der Waals surface area contributed by atoms with Crippen LogP contribution in [0, 0.1) is 0 Å². The summed E-state index contributed by atoms with van der Waals surface area (Å²) in [6, 6.07) is 0. The second-order valence-corrected chi connectivity index (χ2v) is 2.20. The molecule has 0 atom stereocenters. The lowest BCUT2D eigenvalue weighted by atomic mass is 10.1. The molecule has 0 aliphatic heterocycles. The Morgan fingerprint density at radius 1 is 1.40 bits per heavy atom. The van der Waals surface area contributed by atoms with Crippen molar-refractivity contribution in [3.8, 4) is 0 Å². The summed E-state index contributed by atoms with van der Waals surface area (Å²) in [5.74, 6) is 0. The van der Waals surface area contributed by atoms with Gasteiger partial charge in [-0.2, -0.15) is 13.2 Å². The molecular weight excluding hydrogens is 141 g/mol. The average Bonchev–Trinajstić information content (AvgIpc) is 1.80. The van der Waals surface area contributed by atoms with Gasteiger partial charge in [0, 0.05) is 5.57 Å². The molecule has 0 nitrogen and oxygen atoms in total. The Bertz CT molecular complexity index is 113. The standard InChI is InChI=1S/C7H11F3/c1-3-4-5-6(2)7(8,9)10/h2-5H2,1H3. The predicted molar refractivity (Wildman–Crippen MR) is 34.7 cm³/mol. The van der Waals surface area contributed by atoms with E-state index in [-0.39, 0.29) is 6.42 Å². The highest BCUT2D eigenvalue weighted by molar-refractivity contribution is 5.01. The Kier molecular flexibility index (Phi) is 3.47. The lowest BCUT2D eigenvalue weighted by Crippen LogP contribution is -2.10. The van der Waals surface area contributed by atoms with Gasteiger partial charge in [-0.05, 0) is 12.8 Å². The minimum absolute atomic E-state index is 0.0694. The van der Waals surface area contributed by atoms with Crippen molar-refractivity contribution in [3.05, 3.63) is 12.2 Å². The molecule has 0 aromatic carbocycles. The summed E-state index contributed by atoms with van der Waals surface area (Å²) < 4.78 is 35.0. The van der Waals surface area contributed by atoms with Crippen molar-refractivity contribution in [1.82, 2.24) is 0 Å². The van der Waals surface area contributed by atoms with E-state index in [2.05, 4.69) is 6.58 Å². The maximum Gasteiger partial charge on any atom is 0.412 e. The Labute approximate surface area is 58.7 Å². The van der Waals surface area contributed by atoms with Gasteiger partial charge in [-0.1, -0.05) is 19.9 Å². The van der Waals surface area contributed by atoms with E-state index in [9.17, 15) is 13.2 Å². The van der Waals surface area contributed by atoms with Crippen LogP contribution in [0.4, 0.5) is 13.2 Å². The number of rotatable bonds is 3. The lowest BCUT2D eigenvalue weighted by Gasteiger charge is -2.07. The molecule has 0 rings (SSSR count). The van der Waals surface area contributed by atoms with Crippen LogP contribution in [0.1, 0.15) is 26.2 Å². The highest BCUT2D eigenvalue weighted by Gasteiger charge is 2.30. The monoisotopic (exact) mass is 152 g/mol. The maximum absolute atomic E-state index is 11.7. The van der Waals surface area contributed by atoms with Crippen molar-refractivity contribution in [2.24, 2.45) is 0 Å². The summed E-state index contributed by atoms with van der Waals surface area (Å²) in [7, 11) is 0. The molecule has 0 N–H and O–H groups in total. The molecule has 0 bridgehead atoms. The number of unbranched alkanes of at least 4 members (excludes halogenated alkanes) is 1. The van der Waals surface area contributed by atoms with Gasteiger partial charge in [0.25, 0.3) is 0 Å². The van der Waals surface area contributed by atoms with E-state index in [0.717, 1.165) is 6.42 Å². The topological polar surface area (TPSA) is 0 Å². The number of hydrogen-bond donors (Lipinski definition) is 0. The van der Waals surface area contributed by atoms with E-state index in [1.165, 1.54) is 0 Å². The third-order valence-corrected chi connectivity index (χ3v) is 1.23. The molecule has 3 heteroatoms. The summed E-state index contributed by atoms with van der Waals surface area (Å²) in [6.45, 7) is 4.79. The molecule has 0 fully saturated rings. The largest absolute Gasteiger partial charge is 0.412 e. The quantitative estimate of drug-likeness (QED) is 0.544. The van der Waals surface area contributed by atoms with Gasteiger partial charge < -0.3 is 0 Å². The van der Waals surface area contributed by atoms with Crippen LogP contribution in [0.25, 0.3) is 0 Å². The van der Waals surface area contributed by atoms with Crippen LogP contribution in [0.15, 0.2) is 12.2 Å². The van der Waals surface area contributed by atoms with Crippen molar-refractivity contribution in [2.45, 2.75) is 32.4 Å². The first-order valence-electron chi connectivity index (χ1n) is 3.23. The third-order valence-electron chi connectivity index (χ3n) is 1.23. The first-order valence-corrected chi connectivity index (χ1v) is 3.23.